The number of hydrogen-bond donors (Lipinski definition) is 3. The number of carboxylic acid groups (broad SMARTS) is 1. The van der Waals surface area contributed by atoms with Gasteiger partial charge in [-0.1, -0.05) is 0 Å². The van der Waals surface area contributed by atoms with Gasteiger partial charge in [0, 0.05) is 42.2 Å². The van der Waals surface area contributed by atoms with Gasteiger partial charge in [-0.25, -0.2) is 4.79 Å². The molecule has 4 heterocycles. The first-order valence-corrected chi connectivity index (χ1v) is 13.4. The third-order valence-corrected chi connectivity index (χ3v) is 8.16. The number of fused-ring (bicyclic) bond motifs is 1. The van der Waals surface area contributed by atoms with Crippen LogP contribution in [0, 0.1) is 0 Å². The number of amides is 3. The van der Waals surface area contributed by atoms with E-state index < -0.39 is 17.9 Å². The first kappa shape index (κ1) is 26.4. The first-order valence-electron chi connectivity index (χ1n) is 12.3. The lowest BCUT2D eigenvalue weighted by Gasteiger charge is -2.47. The van der Waals surface area contributed by atoms with Crippen LogP contribution in [-0.4, -0.2) is 69.4 Å². The number of benzene rings is 1. The van der Waals surface area contributed by atoms with E-state index in [1.165, 1.54) is 16.7 Å². The molecule has 5 rings (SSSR count). The fourth-order valence-corrected chi connectivity index (χ4v) is 6.03. The van der Waals surface area contributed by atoms with Crippen LogP contribution in [0.1, 0.15) is 12.0 Å². The van der Waals surface area contributed by atoms with Gasteiger partial charge in [-0.05, 0) is 47.9 Å². The Morgan fingerprint density at radius 2 is 1.92 bits per heavy atom. The Morgan fingerprint density at radius 3 is 2.59 bits per heavy atom. The number of methoxy groups -OCH3 is 1. The Hall–Kier alpha value is -4.16. The molecule has 3 amide bonds. The summed E-state index contributed by atoms with van der Waals surface area (Å²) in [4.78, 5) is 52.5. The molecule has 0 spiro atoms. The number of anilines is 1. The van der Waals surface area contributed by atoms with Crippen molar-refractivity contribution in [3.8, 4) is 5.75 Å². The largest absolute Gasteiger partial charge is 0.497 e. The van der Waals surface area contributed by atoms with Gasteiger partial charge < -0.3 is 25.8 Å². The minimum atomic E-state index is -1.20. The molecule has 2 atom stereocenters. The number of aromatic nitrogens is 1. The summed E-state index contributed by atoms with van der Waals surface area (Å²) in [5.41, 5.74) is 8.25. The number of carboxylic acids is 1. The lowest BCUT2D eigenvalue weighted by molar-refractivity contribution is -0.684. The predicted octanol–water partition coefficient (Wildman–Crippen LogP) is 0.861. The number of allylic oxidation sites excluding steroid dienone is 1. The summed E-state index contributed by atoms with van der Waals surface area (Å²) in [7, 11) is 1.58. The minimum absolute atomic E-state index is 0.0900. The van der Waals surface area contributed by atoms with Crippen LogP contribution in [0.3, 0.4) is 0 Å². The van der Waals surface area contributed by atoms with E-state index in [1.54, 1.807) is 59.3 Å². The summed E-state index contributed by atoms with van der Waals surface area (Å²) in [5.74, 6) is -0.887. The molecule has 2 aromatic rings. The van der Waals surface area contributed by atoms with Crippen molar-refractivity contribution in [3.05, 3.63) is 77.3 Å². The Balaban J connectivity index is 1.20. The number of nitrogens with two attached hydrogens (primary N) is 1. The molecule has 0 saturated carbocycles. The van der Waals surface area contributed by atoms with Crippen molar-refractivity contribution in [3.63, 3.8) is 0 Å². The summed E-state index contributed by atoms with van der Waals surface area (Å²) in [6, 6.07) is 10.1. The highest BCUT2D eigenvalue weighted by atomic mass is 32.2. The third kappa shape index (κ3) is 5.38. The normalized spacial score (nSPS) is 21.6. The number of thioether (sulfide) groups is 1. The average molecular weight is 551 g/mol. The second kappa shape index (κ2) is 10.9. The predicted molar refractivity (Wildman–Crippen MR) is 142 cm³/mol. The van der Waals surface area contributed by atoms with Crippen LogP contribution < -0.4 is 20.4 Å². The van der Waals surface area contributed by atoms with E-state index in [9.17, 15) is 24.3 Å². The molecule has 2 saturated heterocycles. The second-order valence-corrected chi connectivity index (χ2v) is 10.5. The van der Waals surface area contributed by atoms with Gasteiger partial charge in [-0.3, -0.25) is 19.3 Å². The van der Waals surface area contributed by atoms with E-state index in [-0.39, 0.29) is 29.4 Å². The molecule has 0 aliphatic carbocycles. The fraction of sp³-hybridized carbons (Fsp3) is 0.296. The van der Waals surface area contributed by atoms with Crippen molar-refractivity contribution in [1.29, 1.82) is 0 Å². The number of likely N-dealkylation sites (tertiary alicyclic amines) is 1. The number of nitrogens with one attached hydrogen (secondary N) is 1. The third-order valence-electron chi connectivity index (χ3n) is 6.84. The number of nitrogens with zero attached hydrogens (tertiary/aromatic N) is 3. The number of ether oxygens (including phenoxy) is 1. The molecule has 39 heavy (non-hydrogen) atoms. The van der Waals surface area contributed by atoms with Crippen LogP contribution >= 0.6 is 11.8 Å². The molecular formula is C27H28N5O6S+. The van der Waals surface area contributed by atoms with Crippen LogP contribution in [0.5, 0.6) is 5.75 Å². The minimum Gasteiger partial charge on any atom is -0.497 e. The van der Waals surface area contributed by atoms with Crippen LogP contribution in [0.15, 0.2) is 71.7 Å². The Kier molecular flexibility index (Phi) is 7.40. The fourth-order valence-electron chi connectivity index (χ4n) is 4.77. The topological polar surface area (TPSA) is 146 Å². The quantitative estimate of drug-likeness (QED) is 0.249. The molecule has 0 unspecified atom stereocenters. The van der Waals surface area contributed by atoms with E-state index in [0.29, 0.717) is 47.8 Å². The van der Waals surface area contributed by atoms with Crippen molar-refractivity contribution in [2.75, 3.05) is 24.7 Å². The molecule has 202 valence electrons. The van der Waals surface area contributed by atoms with Crippen LogP contribution in [0.25, 0.3) is 0 Å². The van der Waals surface area contributed by atoms with Gasteiger partial charge in [0.2, 0.25) is 18.4 Å². The van der Waals surface area contributed by atoms with Gasteiger partial charge in [-0.2, -0.15) is 4.57 Å². The molecule has 0 radical (unpaired) electrons. The zero-order valence-corrected chi connectivity index (χ0v) is 22.0. The molecule has 1 aromatic carbocycles. The van der Waals surface area contributed by atoms with Crippen LogP contribution in [-0.2, 0) is 32.3 Å². The number of pyridine rings is 1. The SMILES string of the molecule is COc1ccc(NC(=O)C[n+]2ccc(CN3CC/C(=C\C4=C(C(=O)O)N5C(=O)[C@@H](N)[C@H]5SC4)C3=O)cc2)cc1. The summed E-state index contributed by atoms with van der Waals surface area (Å²) in [5, 5.41) is 12.2. The van der Waals surface area contributed by atoms with Crippen molar-refractivity contribution in [1.82, 2.24) is 9.80 Å². The summed E-state index contributed by atoms with van der Waals surface area (Å²) < 4.78 is 6.87. The zero-order chi connectivity index (χ0) is 27.7. The van der Waals surface area contributed by atoms with Crippen molar-refractivity contribution >= 4 is 41.1 Å². The van der Waals surface area contributed by atoms with Crippen molar-refractivity contribution in [2.45, 2.75) is 30.9 Å². The molecule has 2 fully saturated rings. The highest BCUT2D eigenvalue weighted by Crippen LogP contribution is 2.40. The number of rotatable bonds is 8. The number of carbonyl (C=O) groups excluding carboxylic acids is 3. The molecular weight excluding hydrogens is 522 g/mol. The van der Waals surface area contributed by atoms with Gasteiger partial charge in [0.1, 0.15) is 22.9 Å². The van der Waals surface area contributed by atoms with Crippen LogP contribution in [0.4, 0.5) is 5.69 Å². The monoisotopic (exact) mass is 550 g/mol. The Labute approximate surface area is 228 Å². The smallest absolute Gasteiger partial charge is 0.352 e. The van der Waals surface area contributed by atoms with E-state index in [1.807, 2.05) is 12.1 Å². The van der Waals surface area contributed by atoms with Crippen molar-refractivity contribution in [2.24, 2.45) is 5.73 Å². The van der Waals surface area contributed by atoms with Crippen LogP contribution in [0.2, 0.25) is 0 Å². The van der Waals surface area contributed by atoms with Gasteiger partial charge in [0.05, 0.1) is 7.11 Å². The molecule has 1 aromatic heterocycles. The van der Waals surface area contributed by atoms with E-state index in [4.69, 9.17) is 10.5 Å². The van der Waals surface area contributed by atoms with Gasteiger partial charge in [-0.15, -0.1) is 11.8 Å². The molecule has 11 nitrogen and oxygen atoms in total. The van der Waals surface area contributed by atoms with E-state index in [0.717, 1.165) is 5.56 Å². The van der Waals surface area contributed by atoms with Gasteiger partial charge in [0.25, 0.3) is 5.91 Å². The van der Waals surface area contributed by atoms with Gasteiger partial charge in [0.15, 0.2) is 12.4 Å². The maximum atomic E-state index is 13.1. The highest BCUT2D eigenvalue weighted by Gasteiger charge is 2.51. The highest BCUT2D eigenvalue weighted by molar-refractivity contribution is 8.00. The Bertz CT molecular complexity index is 1390. The average Bonchev–Trinajstić information content (AvgIpc) is 3.27. The second-order valence-electron chi connectivity index (χ2n) is 9.42. The summed E-state index contributed by atoms with van der Waals surface area (Å²) in [6.07, 6.45) is 5.67. The molecule has 0 bridgehead atoms. The lowest BCUT2D eigenvalue weighted by Crippen LogP contribution is -2.68. The van der Waals surface area contributed by atoms with E-state index >= 15 is 0 Å². The van der Waals surface area contributed by atoms with Crippen molar-refractivity contribution < 1.29 is 33.6 Å². The van der Waals surface area contributed by atoms with Gasteiger partial charge >= 0.3 is 5.97 Å². The maximum absolute atomic E-state index is 13.1. The zero-order valence-electron chi connectivity index (χ0n) is 21.2. The Morgan fingerprint density at radius 1 is 1.21 bits per heavy atom. The summed E-state index contributed by atoms with van der Waals surface area (Å²) >= 11 is 1.40. The number of hydrogen-bond acceptors (Lipinski definition) is 7. The lowest BCUT2D eigenvalue weighted by atomic mass is 10.0. The maximum Gasteiger partial charge on any atom is 0.352 e. The molecule has 3 aliphatic heterocycles. The number of aliphatic carboxylic acids is 1. The first-order chi connectivity index (χ1) is 18.7. The number of β-lactam (4-membered cyclic amide) rings is 1. The molecule has 4 N–H and O–H groups in total. The summed E-state index contributed by atoms with van der Waals surface area (Å²) in [6.45, 7) is 1.02. The standard InChI is InChI=1S/C27H27N5O6S/c1-38-20-4-2-19(3-5-20)29-21(33)14-30-9-6-16(7-10-30)13-31-11-8-17(24(31)34)12-18-15-39-26-22(28)25(35)32(26)23(18)27(36)37/h2-7,9-10,12,22,26H,8,11,13-15,28H2,1H3,(H-,29,33,36,37)/p+1/b17-12+/t22-,26-/m1/s1. The van der Waals surface area contributed by atoms with E-state index in [2.05, 4.69) is 5.32 Å². The molecule has 3 aliphatic rings. The number of carbonyl (C=O) groups is 4. The molecule has 12 heteroatoms.